The molecule has 0 saturated heterocycles. The third-order valence-corrected chi connectivity index (χ3v) is 4.07. The van der Waals surface area contributed by atoms with Gasteiger partial charge in [0, 0.05) is 18.3 Å². The van der Waals surface area contributed by atoms with Gasteiger partial charge in [0.1, 0.15) is 11.6 Å². The fraction of sp³-hybridized carbons (Fsp3) is 0.154. The number of nitrogens with two attached hydrogens (primary N) is 1. The molecule has 5 nitrogen and oxygen atoms in total. The van der Waals surface area contributed by atoms with E-state index in [1.807, 2.05) is 0 Å². The Kier molecular flexibility index (Phi) is 4.01. The maximum atomic E-state index is 13.7. The average Bonchev–Trinajstić information content (AvgIpc) is 2.42. The lowest BCUT2D eigenvalue weighted by Gasteiger charge is -2.10. The largest absolute Gasteiger partial charge is 0.326 e. The Bertz CT molecular complexity index is 718. The van der Waals surface area contributed by atoms with Crippen LogP contribution in [0.25, 0.3) is 0 Å². The van der Waals surface area contributed by atoms with Crippen LogP contribution in [0.15, 0.2) is 41.4 Å². The molecule has 1 aromatic carbocycles. The van der Waals surface area contributed by atoms with Crippen LogP contribution in [0.3, 0.4) is 0 Å². The second-order valence-corrected chi connectivity index (χ2v) is 5.92. The third-order valence-electron chi connectivity index (χ3n) is 2.74. The standard InChI is InChI=1S/C13H14FN3O2S/c1-9-6-11(7-10(8-15)13(9)14)20(18,19)17-12-4-2-3-5-16-12/h2-7H,8,15H2,1H3,(H,16,17). The van der Waals surface area contributed by atoms with Crippen molar-refractivity contribution in [2.45, 2.75) is 18.4 Å². The van der Waals surface area contributed by atoms with Crippen molar-refractivity contribution < 1.29 is 12.8 Å². The van der Waals surface area contributed by atoms with Gasteiger partial charge >= 0.3 is 0 Å². The molecular formula is C13H14FN3O2S. The van der Waals surface area contributed by atoms with E-state index in [4.69, 9.17) is 5.73 Å². The first kappa shape index (κ1) is 14.4. The number of aryl methyl sites for hydroxylation is 1. The molecule has 2 aromatic rings. The van der Waals surface area contributed by atoms with Crippen molar-refractivity contribution in [2.75, 3.05) is 4.72 Å². The predicted octanol–water partition coefficient (Wildman–Crippen LogP) is 1.79. The van der Waals surface area contributed by atoms with Gasteiger partial charge < -0.3 is 5.73 Å². The van der Waals surface area contributed by atoms with E-state index in [9.17, 15) is 12.8 Å². The molecule has 3 N–H and O–H groups in total. The molecule has 0 amide bonds. The highest BCUT2D eigenvalue weighted by Crippen LogP contribution is 2.20. The molecule has 1 heterocycles. The number of anilines is 1. The van der Waals surface area contributed by atoms with Crippen LogP contribution < -0.4 is 10.5 Å². The minimum atomic E-state index is -3.82. The predicted molar refractivity (Wildman–Crippen MR) is 74.1 cm³/mol. The van der Waals surface area contributed by atoms with Crippen LogP contribution in [0.2, 0.25) is 0 Å². The number of nitrogens with one attached hydrogen (secondary N) is 1. The van der Waals surface area contributed by atoms with Gasteiger partial charge in [0.15, 0.2) is 0 Å². The summed E-state index contributed by atoms with van der Waals surface area (Å²) < 4.78 is 40.5. The minimum Gasteiger partial charge on any atom is -0.326 e. The van der Waals surface area contributed by atoms with E-state index < -0.39 is 15.8 Å². The van der Waals surface area contributed by atoms with Crippen LogP contribution >= 0.6 is 0 Å². The minimum absolute atomic E-state index is 0.0393. The fourth-order valence-corrected chi connectivity index (χ4v) is 2.87. The van der Waals surface area contributed by atoms with Crippen LogP contribution in [0.1, 0.15) is 11.1 Å². The molecule has 0 spiro atoms. The van der Waals surface area contributed by atoms with E-state index in [2.05, 4.69) is 9.71 Å². The maximum Gasteiger partial charge on any atom is 0.263 e. The second-order valence-electron chi connectivity index (χ2n) is 4.24. The van der Waals surface area contributed by atoms with Crippen molar-refractivity contribution in [1.29, 1.82) is 0 Å². The topological polar surface area (TPSA) is 85.1 Å². The van der Waals surface area contributed by atoms with Gasteiger partial charge in [-0.3, -0.25) is 4.72 Å². The highest BCUT2D eigenvalue weighted by atomic mass is 32.2. The summed E-state index contributed by atoms with van der Waals surface area (Å²) in [5.74, 6) is -0.284. The van der Waals surface area contributed by atoms with E-state index in [0.717, 1.165) is 0 Å². The molecule has 0 aliphatic heterocycles. The van der Waals surface area contributed by atoms with E-state index in [-0.39, 0.29) is 28.4 Å². The number of hydrogen-bond acceptors (Lipinski definition) is 4. The monoisotopic (exact) mass is 295 g/mol. The zero-order chi connectivity index (χ0) is 14.8. The summed E-state index contributed by atoms with van der Waals surface area (Å²) in [5, 5.41) is 0. The van der Waals surface area contributed by atoms with Gasteiger partial charge in [-0.15, -0.1) is 0 Å². The van der Waals surface area contributed by atoms with E-state index >= 15 is 0 Å². The van der Waals surface area contributed by atoms with Gasteiger partial charge in [-0.2, -0.15) is 0 Å². The molecule has 0 fully saturated rings. The van der Waals surface area contributed by atoms with Crippen LogP contribution in [0, 0.1) is 12.7 Å². The van der Waals surface area contributed by atoms with Gasteiger partial charge in [0.2, 0.25) is 0 Å². The lowest BCUT2D eigenvalue weighted by atomic mass is 10.1. The van der Waals surface area contributed by atoms with Crippen LogP contribution in [0.5, 0.6) is 0 Å². The second kappa shape index (κ2) is 5.56. The molecule has 20 heavy (non-hydrogen) atoms. The number of hydrogen-bond donors (Lipinski definition) is 2. The van der Waals surface area contributed by atoms with Crippen molar-refractivity contribution in [3.63, 3.8) is 0 Å². The molecule has 0 bridgehead atoms. The lowest BCUT2D eigenvalue weighted by Crippen LogP contribution is -2.15. The molecule has 1 aromatic heterocycles. The maximum absolute atomic E-state index is 13.7. The normalized spacial score (nSPS) is 11.3. The summed E-state index contributed by atoms with van der Waals surface area (Å²) in [4.78, 5) is 3.84. The Morgan fingerprint density at radius 1 is 1.35 bits per heavy atom. The SMILES string of the molecule is Cc1cc(S(=O)(=O)Nc2ccccn2)cc(CN)c1F. The van der Waals surface area contributed by atoms with Gasteiger partial charge in [-0.1, -0.05) is 6.07 Å². The van der Waals surface area contributed by atoms with Crippen molar-refractivity contribution in [3.05, 3.63) is 53.5 Å². The Balaban J connectivity index is 2.42. The zero-order valence-corrected chi connectivity index (χ0v) is 11.6. The molecule has 0 atom stereocenters. The Morgan fingerprint density at radius 2 is 2.10 bits per heavy atom. The summed E-state index contributed by atoms with van der Waals surface area (Å²) >= 11 is 0. The smallest absolute Gasteiger partial charge is 0.263 e. The summed E-state index contributed by atoms with van der Waals surface area (Å²) in [7, 11) is -3.82. The zero-order valence-electron chi connectivity index (χ0n) is 10.8. The Labute approximate surface area is 116 Å². The van der Waals surface area contributed by atoms with E-state index in [1.54, 1.807) is 12.1 Å². The summed E-state index contributed by atoms with van der Waals surface area (Å²) in [6.45, 7) is 1.42. The van der Waals surface area contributed by atoms with Crippen molar-refractivity contribution in [2.24, 2.45) is 5.73 Å². The number of pyridine rings is 1. The highest BCUT2D eigenvalue weighted by molar-refractivity contribution is 7.92. The van der Waals surface area contributed by atoms with Gasteiger partial charge in [-0.05, 0) is 36.8 Å². The molecule has 7 heteroatoms. The highest BCUT2D eigenvalue weighted by Gasteiger charge is 2.18. The third kappa shape index (κ3) is 2.94. The summed E-state index contributed by atoms with van der Waals surface area (Å²) in [5.41, 5.74) is 5.81. The molecule has 0 saturated carbocycles. The molecule has 0 aliphatic rings. The molecule has 0 aliphatic carbocycles. The fourth-order valence-electron chi connectivity index (χ4n) is 1.73. The Hall–Kier alpha value is -1.99. The lowest BCUT2D eigenvalue weighted by molar-refractivity contribution is 0.591. The molecule has 0 radical (unpaired) electrons. The quantitative estimate of drug-likeness (QED) is 0.900. The van der Waals surface area contributed by atoms with Crippen molar-refractivity contribution in [3.8, 4) is 0 Å². The first-order valence-corrected chi connectivity index (χ1v) is 7.35. The number of nitrogens with zero attached hydrogens (tertiary/aromatic N) is 1. The van der Waals surface area contributed by atoms with E-state index in [0.29, 0.717) is 0 Å². The first-order chi connectivity index (χ1) is 9.44. The molecule has 0 unspecified atom stereocenters. The number of benzene rings is 1. The molecular weight excluding hydrogens is 281 g/mol. The number of rotatable bonds is 4. The van der Waals surface area contributed by atoms with Crippen LogP contribution in [-0.4, -0.2) is 13.4 Å². The first-order valence-electron chi connectivity index (χ1n) is 5.87. The van der Waals surface area contributed by atoms with E-state index in [1.165, 1.54) is 31.3 Å². The average molecular weight is 295 g/mol. The molecule has 106 valence electrons. The van der Waals surface area contributed by atoms with Crippen LogP contribution in [0.4, 0.5) is 10.2 Å². The van der Waals surface area contributed by atoms with Crippen LogP contribution in [-0.2, 0) is 16.6 Å². The Morgan fingerprint density at radius 3 is 2.70 bits per heavy atom. The number of halogens is 1. The van der Waals surface area contributed by atoms with Crippen molar-refractivity contribution in [1.82, 2.24) is 4.98 Å². The van der Waals surface area contributed by atoms with Gasteiger partial charge in [0.25, 0.3) is 10.0 Å². The van der Waals surface area contributed by atoms with Gasteiger partial charge in [-0.25, -0.2) is 17.8 Å². The summed E-state index contributed by atoms with van der Waals surface area (Å²) in [6.07, 6.45) is 1.47. The number of aromatic nitrogens is 1. The summed E-state index contributed by atoms with van der Waals surface area (Å²) in [6, 6.07) is 7.35. The molecule has 2 rings (SSSR count). The van der Waals surface area contributed by atoms with Gasteiger partial charge in [0.05, 0.1) is 4.90 Å². The number of sulfonamides is 1. The van der Waals surface area contributed by atoms with Crippen molar-refractivity contribution >= 4 is 15.8 Å².